The molecule has 1 fully saturated rings. The van der Waals surface area contributed by atoms with E-state index in [2.05, 4.69) is 17.1 Å². The predicted octanol–water partition coefficient (Wildman–Crippen LogP) is 1.10. The van der Waals surface area contributed by atoms with Crippen LogP contribution in [0.5, 0.6) is 0 Å². The summed E-state index contributed by atoms with van der Waals surface area (Å²) in [7, 11) is 0. The number of nitrogens with zero attached hydrogens (tertiary/aromatic N) is 2. The van der Waals surface area contributed by atoms with E-state index in [9.17, 15) is 0 Å². The molecule has 0 aromatic heterocycles. The Bertz CT molecular complexity index is 85.6. The van der Waals surface area contributed by atoms with E-state index in [1.54, 1.807) is 0 Å². The fourth-order valence-corrected chi connectivity index (χ4v) is 1.45. The molecule has 0 atom stereocenters. The van der Waals surface area contributed by atoms with Gasteiger partial charge < -0.3 is 4.90 Å². The molecule has 0 spiro atoms. The second-order valence-corrected chi connectivity index (χ2v) is 3.22. The molecule has 1 aliphatic heterocycles. The second-order valence-electron chi connectivity index (χ2n) is 3.22. The van der Waals surface area contributed by atoms with Crippen LogP contribution in [0.4, 0.5) is 0 Å². The van der Waals surface area contributed by atoms with Crippen molar-refractivity contribution in [2.24, 2.45) is 0 Å². The summed E-state index contributed by atoms with van der Waals surface area (Å²) in [6, 6.07) is 0. The Morgan fingerprint density at radius 1 is 1.27 bits per heavy atom. The van der Waals surface area contributed by atoms with E-state index >= 15 is 0 Å². The maximum atomic E-state index is 4.39. The molecule has 0 aromatic carbocycles. The third-order valence-electron chi connectivity index (χ3n) is 2.19. The monoisotopic (exact) mass is 155 g/mol. The lowest BCUT2D eigenvalue weighted by molar-refractivity contribution is 0.287. The van der Waals surface area contributed by atoms with Crippen LogP contribution in [0.2, 0.25) is 0 Å². The first-order chi connectivity index (χ1) is 5.43. The van der Waals surface area contributed by atoms with E-state index in [0.29, 0.717) is 0 Å². The summed E-state index contributed by atoms with van der Waals surface area (Å²) in [5, 5.41) is 4.39. The molecule has 1 rings (SSSR count). The van der Waals surface area contributed by atoms with Crippen LogP contribution in [0, 0.1) is 0 Å². The van der Waals surface area contributed by atoms with Crippen molar-refractivity contribution in [2.75, 3.05) is 32.7 Å². The van der Waals surface area contributed by atoms with Crippen LogP contribution >= 0.6 is 0 Å². The number of rotatable bonds is 3. The van der Waals surface area contributed by atoms with Crippen molar-refractivity contribution in [3.05, 3.63) is 0 Å². The van der Waals surface area contributed by atoms with Gasteiger partial charge in [0, 0.05) is 19.6 Å². The van der Waals surface area contributed by atoms with Crippen molar-refractivity contribution in [1.82, 2.24) is 10.2 Å². The zero-order valence-electron chi connectivity index (χ0n) is 7.55. The van der Waals surface area contributed by atoms with E-state index in [-0.39, 0.29) is 0 Å². The van der Waals surface area contributed by atoms with Gasteiger partial charge in [-0.15, -0.1) is 0 Å². The fraction of sp³-hybridized carbons (Fsp3) is 1.00. The van der Waals surface area contributed by atoms with Gasteiger partial charge in [-0.3, -0.25) is 0 Å². The van der Waals surface area contributed by atoms with Gasteiger partial charge in [-0.1, -0.05) is 13.3 Å². The topological polar surface area (TPSA) is 17.3 Å². The molecule has 1 heterocycles. The Kier molecular flexibility index (Phi) is 4.55. The van der Waals surface area contributed by atoms with Gasteiger partial charge in [0.1, 0.15) is 0 Å². The van der Waals surface area contributed by atoms with Crippen molar-refractivity contribution in [1.29, 1.82) is 0 Å². The number of hydrogen-bond donors (Lipinski definition) is 0. The van der Waals surface area contributed by atoms with Crippen molar-refractivity contribution in [2.45, 2.75) is 26.2 Å². The van der Waals surface area contributed by atoms with Crippen LogP contribution < -0.4 is 5.32 Å². The van der Waals surface area contributed by atoms with Crippen LogP contribution in [0.15, 0.2) is 0 Å². The normalized spacial score (nSPS) is 21.5. The van der Waals surface area contributed by atoms with Crippen molar-refractivity contribution < 1.29 is 0 Å². The molecule has 11 heavy (non-hydrogen) atoms. The summed E-state index contributed by atoms with van der Waals surface area (Å²) in [4.78, 5) is 2.54. The van der Waals surface area contributed by atoms with E-state index in [1.807, 2.05) is 0 Å². The number of unbranched alkanes of at least 4 members (excludes halogenated alkanes) is 1. The molecule has 0 amide bonds. The highest BCUT2D eigenvalue weighted by Crippen LogP contribution is 1.98. The molecule has 0 saturated carbocycles. The van der Waals surface area contributed by atoms with Gasteiger partial charge in [0.15, 0.2) is 0 Å². The van der Waals surface area contributed by atoms with Gasteiger partial charge in [-0.25, -0.2) is 5.32 Å². The molecule has 1 saturated heterocycles. The average molecular weight is 155 g/mol. The van der Waals surface area contributed by atoms with Gasteiger partial charge in [0.25, 0.3) is 0 Å². The molecular weight excluding hydrogens is 136 g/mol. The molecule has 2 heteroatoms. The van der Waals surface area contributed by atoms with Crippen LogP contribution in [0.25, 0.3) is 0 Å². The van der Waals surface area contributed by atoms with Gasteiger partial charge in [0.2, 0.25) is 0 Å². The minimum absolute atomic E-state index is 1.06. The van der Waals surface area contributed by atoms with Gasteiger partial charge in [-0.05, 0) is 25.9 Å². The zero-order valence-corrected chi connectivity index (χ0v) is 7.55. The quantitative estimate of drug-likeness (QED) is 0.596. The number of hydrogen-bond acceptors (Lipinski definition) is 1. The van der Waals surface area contributed by atoms with Crippen LogP contribution in [0.3, 0.4) is 0 Å². The molecular formula is C9H19N2. The molecule has 0 aromatic rings. The maximum absolute atomic E-state index is 4.39. The predicted molar refractivity (Wildman–Crippen MR) is 47.8 cm³/mol. The van der Waals surface area contributed by atoms with Crippen molar-refractivity contribution >= 4 is 0 Å². The highest BCUT2D eigenvalue weighted by molar-refractivity contribution is 4.64. The first-order valence-corrected chi connectivity index (χ1v) is 4.79. The molecule has 2 nitrogen and oxygen atoms in total. The average Bonchev–Trinajstić information content (AvgIpc) is 2.28. The first-order valence-electron chi connectivity index (χ1n) is 4.79. The minimum atomic E-state index is 1.06. The van der Waals surface area contributed by atoms with E-state index in [0.717, 1.165) is 13.1 Å². The molecule has 1 aliphatic rings. The largest absolute Gasteiger partial charge is 0.302 e. The molecule has 0 aliphatic carbocycles. The van der Waals surface area contributed by atoms with Gasteiger partial charge in [0.05, 0.1) is 0 Å². The van der Waals surface area contributed by atoms with Gasteiger partial charge in [-0.2, -0.15) is 0 Å². The summed E-state index contributed by atoms with van der Waals surface area (Å²) in [6.07, 6.45) is 3.93. The zero-order chi connectivity index (χ0) is 7.94. The lowest BCUT2D eigenvalue weighted by Gasteiger charge is -2.18. The Balaban J connectivity index is 2.09. The van der Waals surface area contributed by atoms with Gasteiger partial charge >= 0.3 is 0 Å². The summed E-state index contributed by atoms with van der Waals surface area (Å²) in [6.45, 7) is 8.14. The Labute approximate surface area is 70.0 Å². The lowest BCUT2D eigenvalue weighted by Crippen LogP contribution is -2.27. The van der Waals surface area contributed by atoms with Crippen LogP contribution in [-0.4, -0.2) is 37.6 Å². The van der Waals surface area contributed by atoms with E-state index in [4.69, 9.17) is 0 Å². The first kappa shape index (κ1) is 9.01. The lowest BCUT2D eigenvalue weighted by atomic mass is 10.3. The van der Waals surface area contributed by atoms with Crippen molar-refractivity contribution in [3.8, 4) is 0 Å². The molecule has 0 unspecified atom stereocenters. The Morgan fingerprint density at radius 3 is 3.00 bits per heavy atom. The summed E-state index contributed by atoms with van der Waals surface area (Å²) in [5.74, 6) is 0. The highest BCUT2D eigenvalue weighted by atomic mass is 15.1. The van der Waals surface area contributed by atoms with E-state index < -0.39 is 0 Å². The summed E-state index contributed by atoms with van der Waals surface area (Å²) in [5.41, 5.74) is 0. The molecule has 65 valence electrons. The van der Waals surface area contributed by atoms with E-state index in [1.165, 1.54) is 38.9 Å². The molecule has 0 bridgehead atoms. The smallest absolute Gasteiger partial charge is 0.0261 e. The molecule has 1 radical (unpaired) electrons. The Morgan fingerprint density at radius 2 is 2.18 bits per heavy atom. The SMILES string of the molecule is CCCCN1CCC[N]CC1. The summed E-state index contributed by atoms with van der Waals surface area (Å²) < 4.78 is 0. The fourth-order valence-electron chi connectivity index (χ4n) is 1.45. The van der Waals surface area contributed by atoms with Crippen LogP contribution in [-0.2, 0) is 0 Å². The standard InChI is InChI=1S/C9H19N2/c1-2-3-7-11-8-4-5-10-6-9-11/h2-9H2,1H3. The Hall–Kier alpha value is -0.0800. The minimum Gasteiger partial charge on any atom is -0.302 e. The third kappa shape index (κ3) is 3.73. The van der Waals surface area contributed by atoms with Crippen molar-refractivity contribution in [3.63, 3.8) is 0 Å². The second kappa shape index (κ2) is 5.56. The maximum Gasteiger partial charge on any atom is 0.0261 e. The van der Waals surface area contributed by atoms with Crippen LogP contribution in [0.1, 0.15) is 26.2 Å². The third-order valence-corrected chi connectivity index (χ3v) is 2.19. The summed E-state index contributed by atoms with van der Waals surface area (Å²) >= 11 is 0. The highest BCUT2D eigenvalue weighted by Gasteiger charge is 2.06. The molecule has 0 N–H and O–H groups in total.